The van der Waals surface area contributed by atoms with Gasteiger partial charge in [0.15, 0.2) is 0 Å². The van der Waals surface area contributed by atoms with Gasteiger partial charge in [-0.3, -0.25) is 4.90 Å². The lowest BCUT2D eigenvalue weighted by Gasteiger charge is -2.29. The summed E-state index contributed by atoms with van der Waals surface area (Å²) < 4.78 is 1.17. The number of hydrogen-bond donors (Lipinski definition) is 1. The van der Waals surface area contributed by atoms with Gasteiger partial charge < -0.3 is 5.73 Å². The van der Waals surface area contributed by atoms with Crippen molar-refractivity contribution in [2.24, 2.45) is 5.73 Å². The lowest BCUT2D eigenvalue weighted by Crippen LogP contribution is -2.45. The molecule has 1 rings (SSSR count). The van der Waals surface area contributed by atoms with E-state index in [0.717, 1.165) is 19.6 Å². The quantitative estimate of drug-likeness (QED) is 0.901. The van der Waals surface area contributed by atoms with Crippen molar-refractivity contribution >= 4 is 15.9 Å². The molecule has 1 aromatic carbocycles. The van der Waals surface area contributed by atoms with Crippen LogP contribution in [-0.2, 0) is 6.54 Å². The number of rotatable bonds is 5. The lowest BCUT2D eigenvalue weighted by atomic mass is 10.1. The van der Waals surface area contributed by atoms with E-state index in [1.165, 1.54) is 10.0 Å². The van der Waals surface area contributed by atoms with Gasteiger partial charge in [0.1, 0.15) is 0 Å². The van der Waals surface area contributed by atoms with Gasteiger partial charge in [0.05, 0.1) is 0 Å². The second kappa shape index (κ2) is 5.80. The highest BCUT2D eigenvalue weighted by Crippen LogP contribution is 2.18. The molecule has 0 amide bonds. The predicted molar refractivity (Wildman–Crippen MR) is 73.4 cm³/mol. The van der Waals surface area contributed by atoms with Crippen LogP contribution in [0.3, 0.4) is 0 Å². The fraction of sp³-hybridized carbons (Fsp3) is 0.538. The van der Waals surface area contributed by atoms with Crippen LogP contribution in [0.4, 0.5) is 0 Å². The first-order chi connectivity index (χ1) is 7.42. The van der Waals surface area contributed by atoms with Gasteiger partial charge >= 0.3 is 0 Å². The molecular formula is C13H21BrN2. The van der Waals surface area contributed by atoms with Crippen LogP contribution < -0.4 is 5.73 Å². The van der Waals surface area contributed by atoms with E-state index in [1.807, 2.05) is 6.07 Å². The minimum Gasteiger partial charge on any atom is -0.324 e. The third-order valence-corrected chi connectivity index (χ3v) is 3.20. The van der Waals surface area contributed by atoms with Crippen molar-refractivity contribution in [3.63, 3.8) is 0 Å². The van der Waals surface area contributed by atoms with Gasteiger partial charge in [-0.15, -0.1) is 0 Å². The zero-order valence-corrected chi connectivity index (χ0v) is 11.9. The van der Waals surface area contributed by atoms with Crippen molar-refractivity contribution in [1.29, 1.82) is 0 Å². The highest BCUT2D eigenvalue weighted by molar-refractivity contribution is 9.10. The topological polar surface area (TPSA) is 29.3 Å². The molecule has 0 unspecified atom stereocenters. The number of likely N-dealkylation sites (N-methyl/N-ethyl adjacent to an activating group) is 1. The Labute approximate surface area is 107 Å². The molecule has 1 aromatic rings. The van der Waals surface area contributed by atoms with E-state index in [0.29, 0.717) is 0 Å². The number of hydrogen-bond acceptors (Lipinski definition) is 2. The summed E-state index contributed by atoms with van der Waals surface area (Å²) in [5.74, 6) is 0. The van der Waals surface area contributed by atoms with Gasteiger partial charge in [-0.2, -0.15) is 0 Å². The van der Waals surface area contributed by atoms with Gasteiger partial charge in [0.2, 0.25) is 0 Å². The van der Waals surface area contributed by atoms with Crippen LogP contribution in [0.2, 0.25) is 0 Å². The Bertz CT molecular complexity index is 331. The normalized spacial score (nSPS) is 12.1. The molecule has 0 spiro atoms. The summed E-state index contributed by atoms with van der Waals surface area (Å²) in [5, 5.41) is 0. The standard InChI is InChI=1S/C13H21BrN2/c1-4-16(10-13(2,3)15)9-11-7-5-6-8-12(11)14/h5-8H,4,9-10,15H2,1-3H3. The summed E-state index contributed by atoms with van der Waals surface area (Å²) in [6.07, 6.45) is 0. The first kappa shape index (κ1) is 13.7. The van der Waals surface area contributed by atoms with Gasteiger partial charge in [-0.25, -0.2) is 0 Å². The van der Waals surface area contributed by atoms with Gasteiger partial charge in [0.25, 0.3) is 0 Å². The molecule has 0 fully saturated rings. The summed E-state index contributed by atoms with van der Waals surface area (Å²) >= 11 is 3.58. The third kappa shape index (κ3) is 4.64. The van der Waals surface area contributed by atoms with Crippen LogP contribution in [0.25, 0.3) is 0 Å². The lowest BCUT2D eigenvalue weighted by molar-refractivity contribution is 0.228. The molecule has 3 heteroatoms. The first-order valence-electron chi connectivity index (χ1n) is 5.67. The molecule has 2 N–H and O–H groups in total. The summed E-state index contributed by atoms with van der Waals surface area (Å²) in [6.45, 7) is 9.17. The molecule has 0 heterocycles. The first-order valence-corrected chi connectivity index (χ1v) is 6.46. The van der Waals surface area contributed by atoms with Crippen molar-refractivity contribution in [3.05, 3.63) is 34.3 Å². The molecule has 0 aliphatic heterocycles. The summed E-state index contributed by atoms with van der Waals surface area (Å²) in [6, 6.07) is 8.34. The monoisotopic (exact) mass is 284 g/mol. The Kier molecular flexibility index (Phi) is 4.96. The van der Waals surface area contributed by atoms with E-state index in [2.05, 4.69) is 59.8 Å². The number of benzene rings is 1. The van der Waals surface area contributed by atoms with E-state index in [4.69, 9.17) is 5.73 Å². The summed E-state index contributed by atoms with van der Waals surface area (Å²) in [4.78, 5) is 2.36. The Hall–Kier alpha value is -0.380. The minimum absolute atomic E-state index is 0.142. The van der Waals surface area contributed by atoms with Crippen LogP contribution in [0, 0.1) is 0 Å². The van der Waals surface area contributed by atoms with Gasteiger partial charge in [-0.05, 0) is 32.0 Å². The highest BCUT2D eigenvalue weighted by Gasteiger charge is 2.16. The largest absolute Gasteiger partial charge is 0.324 e. The maximum atomic E-state index is 6.05. The van der Waals surface area contributed by atoms with Crippen molar-refractivity contribution in [3.8, 4) is 0 Å². The second-order valence-electron chi connectivity index (χ2n) is 4.88. The average molecular weight is 285 g/mol. The van der Waals surface area contributed by atoms with Crippen LogP contribution >= 0.6 is 15.9 Å². The molecule has 0 saturated carbocycles. The molecule has 90 valence electrons. The molecule has 0 atom stereocenters. The zero-order chi connectivity index (χ0) is 12.2. The smallest absolute Gasteiger partial charge is 0.0245 e. The number of halogens is 1. The fourth-order valence-corrected chi connectivity index (χ4v) is 2.13. The molecular weight excluding hydrogens is 264 g/mol. The molecule has 0 aromatic heterocycles. The second-order valence-corrected chi connectivity index (χ2v) is 5.74. The van der Waals surface area contributed by atoms with E-state index in [1.54, 1.807) is 0 Å². The third-order valence-electron chi connectivity index (χ3n) is 2.43. The predicted octanol–water partition coefficient (Wildman–Crippen LogP) is 3.01. The molecule has 16 heavy (non-hydrogen) atoms. The van der Waals surface area contributed by atoms with Crippen molar-refractivity contribution in [1.82, 2.24) is 4.90 Å². The van der Waals surface area contributed by atoms with Gasteiger partial charge in [-0.1, -0.05) is 41.1 Å². The zero-order valence-electron chi connectivity index (χ0n) is 10.3. The Morgan fingerprint density at radius 3 is 2.44 bits per heavy atom. The van der Waals surface area contributed by atoms with Crippen LogP contribution in [0.1, 0.15) is 26.3 Å². The average Bonchev–Trinajstić information content (AvgIpc) is 2.18. The molecule has 0 saturated heterocycles. The van der Waals surface area contributed by atoms with Crippen LogP contribution in [0.5, 0.6) is 0 Å². The van der Waals surface area contributed by atoms with E-state index < -0.39 is 0 Å². The van der Waals surface area contributed by atoms with Crippen LogP contribution in [0.15, 0.2) is 28.7 Å². The Morgan fingerprint density at radius 2 is 1.94 bits per heavy atom. The van der Waals surface area contributed by atoms with Crippen LogP contribution in [-0.4, -0.2) is 23.5 Å². The SMILES string of the molecule is CCN(Cc1ccccc1Br)CC(C)(C)N. The summed E-state index contributed by atoms with van der Waals surface area (Å²) in [7, 11) is 0. The van der Waals surface area contributed by atoms with Crippen molar-refractivity contribution in [2.75, 3.05) is 13.1 Å². The van der Waals surface area contributed by atoms with Crippen molar-refractivity contribution in [2.45, 2.75) is 32.9 Å². The molecule has 0 aliphatic rings. The molecule has 0 aliphatic carbocycles. The number of nitrogens with two attached hydrogens (primary N) is 1. The fourth-order valence-electron chi connectivity index (χ4n) is 1.72. The molecule has 0 radical (unpaired) electrons. The highest BCUT2D eigenvalue weighted by atomic mass is 79.9. The number of nitrogens with zero attached hydrogens (tertiary/aromatic N) is 1. The maximum absolute atomic E-state index is 6.05. The molecule has 0 bridgehead atoms. The summed E-state index contributed by atoms with van der Waals surface area (Å²) in [5.41, 5.74) is 7.22. The Balaban J connectivity index is 2.67. The Morgan fingerprint density at radius 1 is 1.31 bits per heavy atom. The van der Waals surface area contributed by atoms with E-state index in [-0.39, 0.29) is 5.54 Å². The maximum Gasteiger partial charge on any atom is 0.0245 e. The molecule has 2 nitrogen and oxygen atoms in total. The van der Waals surface area contributed by atoms with E-state index in [9.17, 15) is 0 Å². The van der Waals surface area contributed by atoms with Crippen molar-refractivity contribution < 1.29 is 0 Å². The van der Waals surface area contributed by atoms with Gasteiger partial charge in [0, 0.05) is 23.1 Å². The minimum atomic E-state index is -0.142. The van der Waals surface area contributed by atoms with E-state index >= 15 is 0 Å².